The highest BCUT2D eigenvalue weighted by molar-refractivity contribution is 5.51. The molecule has 3 nitrogen and oxygen atoms in total. The first kappa shape index (κ1) is 11.5. The Morgan fingerprint density at radius 2 is 2.13 bits per heavy atom. The summed E-state index contributed by atoms with van der Waals surface area (Å²) in [5.41, 5.74) is 0.837. The number of hydrogen-bond acceptors (Lipinski definition) is 3. The fourth-order valence-electron chi connectivity index (χ4n) is 1.48. The Kier molecular flexibility index (Phi) is 3.33. The van der Waals surface area contributed by atoms with E-state index < -0.39 is 5.60 Å². The summed E-state index contributed by atoms with van der Waals surface area (Å²) in [6.07, 6.45) is 0. The van der Waals surface area contributed by atoms with Gasteiger partial charge in [-0.25, -0.2) is 0 Å². The van der Waals surface area contributed by atoms with Gasteiger partial charge in [0.25, 0.3) is 0 Å². The summed E-state index contributed by atoms with van der Waals surface area (Å²) in [6.45, 7) is 4.05. The van der Waals surface area contributed by atoms with Crippen LogP contribution >= 0.6 is 0 Å². The highest BCUT2D eigenvalue weighted by atomic mass is 16.3. The third-order valence-corrected chi connectivity index (χ3v) is 2.04. The van der Waals surface area contributed by atoms with Crippen LogP contribution < -0.4 is 4.90 Å². The van der Waals surface area contributed by atoms with E-state index in [1.54, 1.807) is 19.9 Å². The van der Waals surface area contributed by atoms with Crippen molar-refractivity contribution < 1.29 is 5.11 Å². The number of likely N-dealkylation sites (N-methyl/N-ethyl adjacent to an activating group) is 1. The van der Waals surface area contributed by atoms with Crippen LogP contribution in [0.25, 0.3) is 0 Å². The molecule has 80 valence electrons. The number of rotatable bonds is 3. The smallest absolute Gasteiger partial charge is 0.0992 e. The predicted octanol–water partition coefficient (Wildman–Crippen LogP) is 1.77. The molecular weight excluding hydrogens is 188 g/mol. The highest BCUT2D eigenvalue weighted by Crippen LogP contribution is 2.16. The molecule has 0 saturated heterocycles. The van der Waals surface area contributed by atoms with Crippen LogP contribution in [-0.4, -0.2) is 24.3 Å². The van der Waals surface area contributed by atoms with E-state index in [0.717, 1.165) is 5.69 Å². The molecule has 0 unspecified atom stereocenters. The summed E-state index contributed by atoms with van der Waals surface area (Å²) in [7, 11) is 1.90. The van der Waals surface area contributed by atoms with Gasteiger partial charge in [0.1, 0.15) is 0 Å². The molecule has 1 aromatic rings. The molecule has 0 saturated carbocycles. The number of nitriles is 1. The molecule has 0 amide bonds. The lowest BCUT2D eigenvalue weighted by Gasteiger charge is -2.27. The Morgan fingerprint density at radius 1 is 1.47 bits per heavy atom. The van der Waals surface area contributed by atoms with E-state index in [1.807, 2.05) is 30.1 Å². The van der Waals surface area contributed by atoms with E-state index in [1.165, 1.54) is 0 Å². The van der Waals surface area contributed by atoms with Gasteiger partial charge in [0.2, 0.25) is 0 Å². The molecule has 0 bridgehead atoms. The summed E-state index contributed by atoms with van der Waals surface area (Å²) < 4.78 is 0. The Bertz CT molecular complexity index is 374. The second kappa shape index (κ2) is 4.33. The van der Waals surface area contributed by atoms with Crippen molar-refractivity contribution >= 4 is 5.69 Å². The van der Waals surface area contributed by atoms with Gasteiger partial charge < -0.3 is 10.0 Å². The minimum Gasteiger partial charge on any atom is -0.389 e. The lowest BCUT2D eigenvalue weighted by Crippen LogP contribution is -2.36. The predicted molar refractivity (Wildman–Crippen MR) is 60.7 cm³/mol. The lowest BCUT2D eigenvalue weighted by atomic mass is 10.1. The van der Waals surface area contributed by atoms with Crippen molar-refractivity contribution in [3.63, 3.8) is 0 Å². The van der Waals surface area contributed by atoms with Gasteiger partial charge in [0, 0.05) is 19.3 Å². The average molecular weight is 204 g/mol. The summed E-state index contributed by atoms with van der Waals surface area (Å²) in [5, 5.41) is 18.4. The molecule has 1 aromatic carbocycles. The third-order valence-electron chi connectivity index (χ3n) is 2.04. The van der Waals surface area contributed by atoms with Crippen LogP contribution in [0.3, 0.4) is 0 Å². The molecule has 0 aliphatic heterocycles. The van der Waals surface area contributed by atoms with Crippen LogP contribution in [-0.2, 0) is 0 Å². The minimum atomic E-state index is -0.739. The van der Waals surface area contributed by atoms with E-state index in [0.29, 0.717) is 12.1 Å². The Hall–Kier alpha value is -1.53. The summed E-state index contributed by atoms with van der Waals surface area (Å²) >= 11 is 0. The van der Waals surface area contributed by atoms with Gasteiger partial charge in [-0.3, -0.25) is 0 Å². The quantitative estimate of drug-likeness (QED) is 0.816. The molecule has 0 aliphatic rings. The molecule has 0 fully saturated rings. The van der Waals surface area contributed by atoms with Crippen molar-refractivity contribution in [1.29, 1.82) is 5.26 Å². The first-order valence-electron chi connectivity index (χ1n) is 4.86. The molecule has 1 N–H and O–H groups in total. The monoisotopic (exact) mass is 204 g/mol. The summed E-state index contributed by atoms with van der Waals surface area (Å²) in [6, 6.07) is 9.44. The number of benzene rings is 1. The zero-order chi connectivity index (χ0) is 11.5. The normalized spacial score (nSPS) is 10.9. The molecule has 0 atom stereocenters. The standard InChI is InChI=1S/C12H16N2O/c1-12(2,15)9-14(3)11-6-4-5-10(7-11)8-13/h4-7,15H,9H2,1-3H3. The van der Waals surface area contributed by atoms with Crippen LogP contribution in [0, 0.1) is 11.3 Å². The van der Waals surface area contributed by atoms with Crippen molar-refractivity contribution in [1.82, 2.24) is 0 Å². The Balaban J connectivity index is 2.83. The molecule has 3 heteroatoms. The van der Waals surface area contributed by atoms with E-state index in [9.17, 15) is 5.11 Å². The van der Waals surface area contributed by atoms with Crippen LogP contribution in [0.15, 0.2) is 24.3 Å². The number of anilines is 1. The van der Waals surface area contributed by atoms with E-state index in [2.05, 4.69) is 6.07 Å². The van der Waals surface area contributed by atoms with Crippen LogP contribution in [0.5, 0.6) is 0 Å². The summed E-state index contributed by atoms with van der Waals surface area (Å²) in [5.74, 6) is 0. The maximum atomic E-state index is 9.67. The maximum Gasteiger partial charge on any atom is 0.0992 e. The van der Waals surface area contributed by atoms with Gasteiger partial charge in [-0.15, -0.1) is 0 Å². The molecular formula is C12H16N2O. The van der Waals surface area contributed by atoms with Crippen LogP contribution in [0.1, 0.15) is 19.4 Å². The third kappa shape index (κ3) is 3.61. The molecule has 1 rings (SSSR count). The molecule has 0 radical (unpaired) electrons. The SMILES string of the molecule is CN(CC(C)(C)O)c1cccc(C#N)c1. The molecule has 0 aliphatic carbocycles. The van der Waals surface area contributed by atoms with Gasteiger partial charge in [0.15, 0.2) is 0 Å². The van der Waals surface area contributed by atoms with E-state index in [4.69, 9.17) is 5.26 Å². The second-order valence-electron chi connectivity index (χ2n) is 4.33. The van der Waals surface area contributed by atoms with Crippen molar-refractivity contribution in [3.05, 3.63) is 29.8 Å². The molecule has 0 aromatic heterocycles. The number of hydrogen-bond donors (Lipinski definition) is 1. The molecule has 0 spiro atoms. The van der Waals surface area contributed by atoms with Crippen LogP contribution in [0.4, 0.5) is 5.69 Å². The number of aliphatic hydroxyl groups is 1. The average Bonchev–Trinajstić information content (AvgIpc) is 2.15. The Labute approximate surface area is 90.6 Å². The molecule has 0 heterocycles. The van der Waals surface area contributed by atoms with Crippen molar-refractivity contribution in [2.75, 3.05) is 18.5 Å². The van der Waals surface area contributed by atoms with Gasteiger partial charge in [-0.1, -0.05) is 6.07 Å². The fraction of sp³-hybridized carbons (Fsp3) is 0.417. The lowest BCUT2D eigenvalue weighted by molar-refractivity contribution is 0.0886. The minimum absolute atomic E-state index is 0.530. The van der Waals surface area contributed by atoms with Gasteiger partial charge >= 0.3 is 0 Å². The van der Waals surface area contributed by atoms with Crippen molar-refractivity contribution in [2.45, 2.75) is 19.4 Å². The zero-order valence-electron chi connectivity index (χ0n) is 9.36. The topological polar surface area (TPSA) is 47.3 Å². The zero-order valence-corrected chi connectivity index (χ0v) is 9.36. The Morgan fingerprint density at radius 3 is 2.67 bits per heavy atom. The van der Waals surface area contributed by atoms with Gasteiger partial charge in [0.05, 0.1) is 17.2 Å². The second-order valence-corrected chi connectivity index (χ2v) is 4.33. The van der Waals surface area contributed by atoms with Crippen molar-refractivity contribution in [3.8, 4) is 6.07 Å². The van der Waals surface area contributed by atoms with E-state index >= 15 is 0 Å². The van der Waals surface area contributed by atoms with Crippen molar-refractivity contribution in [2.24, 2.45) is 0 Å². The van der Waals surface area contributed by atoms with Crippen LogP contribution in [0.2, 0.25) is 0 Å². The van der Waals surface area contributed by atoms with E-state index in [-0.39, 0.29) is 0 Å². The highest BCUT2D eigenvalue weighted by Gasteiger charge is 2.15. The number of nitrogens with zero attached hydrogens (tertiary/aromatic N) is 2. The molecule has 15 heavy (non-hydrogen) atoms. The fourth-order valence-corrected chi connectivity index (χ4v) is 1.48. The summed E-state index contributed by atoms with van der Waals surface area (Å²) in [4.78, 5) is 1.93. The first-order chi connectivity index (χ1) is 6.92. The van der Waals surface area contributed by atoms with Gasteiger partial charge in [-0.05, 0) is 32.0 Å². The van der Waals surface area contributed by atoms with Gasteiger partial charge in [-0.2, -0.15) is 5.26 Å². The first-order valence-corrected chi connectivity index (χ1v) is 4.86. The maximum absolute atomic E-state index is 9.67. The largest absolute Gasteiger partial charge is 0.389 e.